The van der Waals surface area contributed by atoms with Gasteiger partial charge in [-0.05, 0) is 54.8 Å². The Balaban J connectivity index is 1.83. The minimum absolute atomic E-state index is 0.110. The zero-order chi connectivity index (χ0) is 16.8. The number of carbonyl (C=O) groups is 1. The number of hydrogen-bond donors (Lipinski definition) is 1. The van der Waals surface area contributed by atoms with Crippen LogP contribution >= 0.6 is 23.2 Å². The van der Waals surface area contributed by atoms with Crippen molar-refractivity contribution in [2.24, 2.45) is 5.10 Å². The second-order valence-electron chi connectivity index (χ2n) is 5.00. The number of ether oxygens (including phenoxy) is 1. The van der Waals surface area contributed by atoms with Crippen molar-refractivity contribution in [3.8, 4) is 5.75 Å². The highest BCUT2D eigenvalue weighted by atomic mass is 35.5. The summed E-state index contributed by atoms with van der Waals surface area (Å²) in [4.78, 5) is 11.7. The first-order valence-corrected chi connectivity index (χ1v) is 7.68. The largest absolute Gasteiger partial charge is 0.484 e. The monoisotopic (exact) mass is 350 g/mol. The van der Waals surface area contributed by atoms with E-state index in [2.05, 4.69) is 10.5 Å². The molecule has 4 nitrogen and oxygen atoms in total. The van der Waals surface area contributed by atoms with E-state index in [0.717, 1.165) is 11.1 Å². The summed E-state index contributed by atoms with van der Waals surface area (Å²) in [6, 6.07) is 10.7. The predicted octanol–water partition coefficient (Wildman–Crippen LogP) is 4.14. The molecule has 2 rings (SSSR count). The van der Waals surface area contributed by atoms with E-state index in [0.29, 0.717) is 15.8 Å². The first-order valence-electron chi connectivity index (χ1n) is 6.92. The van der Waals surface area contributed by atoms with Gasteiger partial charge in [0.15, 0.2) is 6.61 Å². The van der Waals surface area contributed by atoms with Crippen LogP contribution in [0.4, 0.5) is 0 Å². The molecule has 1 amide bonds. The fourth-order valence-corrected chi connectivity index (χ4v) is 2.06. The fourth-order valence-electron chi connectivity index (χ4n) is 1.76. The molecule has 0 saturated carbocycles. The van der Waals surface area contributed by atoms with Crippen molar-refractivity contribution >= 4 is 35.3 Å². The molecule has 0 atom stereocenters. The SMILES string of the molecule is Cc1ccc(OCC(=O)N/N=C\c2ccc(Cl)c(Cl)c2)cc1C. The maximum atomic E-state index is 11.7. The molecule has 120 valence electrons. The van der Waals surface area contributed by atoms with Gasteiger partial charge in [-0.15, -0.1) is 0 Å². The van der Waals surface area contributed by atoms with E-state index < -0.39 is 0 Å². The maximum Gasteiger partial charge on any atom is 0.277 e. The molecule has 0 aromatic heterocycles. The van der Waals surface area contributed by atoms with Gasteiger partial charge in [-0.3, -0.25) is 4.79 Å². The molecule has 0 heterocycles. The summed E-state index contributed by atoms with van der Waals surface area (Å²) >= 11 is 11.7. The lowest BCUT2D eigenvalue weighted by Crippen LogP contribution is -2.24. The topological polar surface area (TPSA) is 50.7 Å². The summed E-state index contributed by atoms with van der Waals surface area (Å²) in [6.07, 6.45) is 1.48. The highest BCUT2D eigenvalue weighted by Gasteiger charge is 2.03. The van der Waals surface area contributed by atoms with Crippen molar-refractivity contribution in [3.05, 3.63) is 63.1 Å². The average Bonchev–Trinajstić information content (AvgIpc) is 2.52. The lowest BCUT2D eigenvalue weighted by atomic mass is 10.1. The predicted molar refractivity (Wildman–Crippen MR) is 93.6 cm³/mol. The highest BCUT2D eigenvalue weighted by Crippen LogP contribution is 2.21. The standard InChI is InChI=1S/C17H16Cl2N2O2/c1-11-3-5-14(7-12(11)2)23-10-17(22)21-20-9-13-4-6-15(18)16(19)8-13/h3-9H,10H2,1-2H3,(H,21,22)/b20-9-. The van der Waals surface area contributed by atoms with Crippen LogP contribution < -0.4 is 10.2 Å². The molecule has 6 heteroatoms. The molecule has 1 N–H and O–H groups in total. The van der Waals surface area contributed by atoms with Crippen molar-refractivity contribution in [1.82, 2.24) is 5.43 Å². The van der Waals surface area contributed by atoms with Gasteiger partial charge in [-0.2, -0.15) is 5.10 Å². The van der Waals surface area contributed by atoms with E-state index in [-0.39, 0.29) is 12.5 Å². The molecule has 0 bridgehead atoms. The van der Waals surface area contributed by atoms with Crippen molar-refractivity contribution < 1.29 is 9.53 Å². The Bertz CT molecular complexity index is 745. The molecule has 0 aliphatic heterocycles. The fraction of sp³-hybridized carbons (Fsp3) is 0.176. The molecule has 0 spiro atoms. The van der Waals surface area contributed by atoms with Crippen LogP contribution in [-0.2, 0) is 4.79 Å². The number of carbonyl (C=O) groups excluding carboxylic acids is 1. The molecule has 0 aliphatic carbocycles. The number of nitrogens with zero attached hydrogens (tertiary/aromatic N) is 1. The van der Waals surface area contributed by atoms with Gasteiger partial charge in [0.25, 0.3) is 5.91 Å². The van der Waals surface area contributed by atoms with Gasteiger partial charge < -0.3 is 4.74 Å². The van der Waals surface area contributed by atoms with Crippen molar-refractivity contribution in [2.75, 3.05) is 6.61 Å². The van der Waals surface area contributed by atoms with Gasteiger partial charge in [0.05, 0.1) is 16.3 Å². The summed E-state index contributed by atoms with van der Waals surface area (Å²) in [5.41, 5.74) is 5.41. The Hall–Kier alpha value is -2.04. The molecule has 0 fully saturated rings. The Morgan fingerprint density at radius 3 is 2.61 bits per heavy atom. The summed E-state index contributed by atoms with van der Waals surface area (Å²) in [5.74, 6) is 0.302. The summed E-state index contributed by atoms with van der Waals surface area (Å²) < 4.78 is 5.42. The van der Waals surface area contributed by atoms with E-state index in [1.165, 1.54) is 11.8 Å². The van der Waals surface area contributed by atoms with Crippen LogP contribution in [0.25, 0.3) is 0 Å². The van der Waals surface area contributed by atoms with Crippen LogP contribution in [0.3, 0.4) is 0 Å². The summed E-state index contributed by atoms with van der Waals surface area (Å²) in [5, 5.41) is 4.75. The van der Waals surface area contributed by atoms with Gasteiger partial charge in [0, 0.05) is 0 Å². The third-order valence-electron chi connectivity index (χ3n) is 3.19. The molecule has 0 aliphatic rings. The maximum absolute atomic E-state index is 11.7. The Morgan fingerprint density at radius 2 is 1.91 bits per heavy atom. The second kappa shape index (κ2) is 7.99. The van der Waals surface area contributed by atoms with E-state index in [9.17, 15) is 4.79 Å². The number of benzene rings is 2. The van der Waals surface area contributed by atoms with Crippen molar-refractivity contribution in [2.45, 2.75) is 13.8 Å². The lowest BCUT2D eigenvalue weighted by Gasteiger charge is -2.07. The third-order valence-corrected chi connectivity index (χ3v) is 3.93. The number of hydrogen-bond acceptors (Lipinski definition) is 3. The molecule has 23 heavy (non-hydrogen) atoms. The zero-order valence-corrected chi connectivity index (χ0v) is 14.3. The summed E-state index contributed by atoms with van der Waals surface area (Å²) in [7, 11) is 0. The molecule has 0 saturated heterocycles. The summed E-state index contributed by atoms with van der Waals surface area (Å²) in [6.45, 7) is 3.90. The number of amides is 1. The van der Waals surface area contributed by atoms with Crippen LogP contribution in [0, 0.1) is 13.8 Å². The zero-order valence-electron chi connectivity index (χ0n) is 12.8. The molecule has 2 aromatic rings. The Morgan fingerprint density at radius 1 is 1.13 bits per heavy atom. The van der Waals surface area contributed by atoms with Gasteiger partial charge in [0.1, 0.15) is 5.75 Å². The number of halogens is 2. The number of rotatable bonds is 5. The van der Waals surface area contributed by atoms with Crippen LogP contribution in [0.1, 0.15) is 16.7 Å². The number of aryl methyl sites for hydroxylation is 2. The smallest absolute Gasteiger partial charge is 0.277 e. The van der Waals surface area contributed by atoms with Gasteiger partial charge in [0.2, 0.25) is 0 Å². The Kier molecular flexibility index (Phi) is 6.02. The third kappa shape index (κ3) is 5.27. The number of hydrazone groups is 1. The van der Waals surface area contributed by atoms with Crippen molar-refractivity contribution in [1.29, 1.82) is 0 Å². The van der Waals surface area contributed by atoms with Crippen LogP contribution in [0.15, 0.2) is 41.5 Å². The van der Waals surface area contributed by atoms with Crippen molar-refractivity contribution in [3.63, 3.8) is 0 Å². The van der Waals surface area contributed by atoms with Crippen LogP contribution in [-0.4, -0.2) is 18.7 Å². The number of nitrogens with one attached hydrogen (secondary N) is 1. The molecular weight excluding hydrogens is 335 g/mol. The van der Waals surface area contributed by atoms with E-state index in [1.54, 1.807) is 18.2 Å². The normalized spacial score (nSPS) is 10.8. The van der Waals surface area contributed by atoms with Gasteiger partial charge in [-0.25, -0.2) is 5.43 Å². The van der Waals surface area contributed by atoms with Crippen LogP contribution in [0.5, 0.6) is 5.75 Å². The van der Waals surface area contributed by atoms with Gasteiger partial charge in [-0.1, -0.05) is 35.3 Å². The van der Waals surface area contributed by atoms with E-state index >= 15 is 0 Å². The first kappa shape index (κ1) is 17.3. The molecule has 2 aromatic carbocycles. The molecule has 0 radical (unpaired) electrons. The van der Waals surface area contributed by atoms with E-state index in [1.807, 2.05) is 32.0 Å². The van der Waals surface area contributed by atoms with Gasteiger partial charge >= 0.3 is 0 Å². The second-order valence-corrected chi connectivity index (χ2v) is 5.82. The van der Waals surface area contributed by atoms with Crippen LogP contribution in [0.2, 0.25) is 10.0 Å². The first-order chi connectivity index (χ1) is 11.0. The average molecular weight is 351 g/mol. The quantitative estimate of drug-likeness (QED) is 0.650. The lowest BCUT2D eigenvalue weighted by molar-refractivity contribution is -0.123. The molecular formula is C17H16Cl2N2O2. The highest BCUT2D eigenvalue weighted by molar-refractivity contribution is 6.42. The Labute approximate surface area is 145 Å². The minimum Gasteiger partial charge on any atom is -0.484 e. The molecule has 0 unspecified atom stereocenters. The minimum atomic E-state index is -0.348. The van der Waals surface area contributed by atoms with E-state index in [4.69, 9.17) is 27.9 Å².